The van der Waals surface area contributed by atoms with Crippen molar-refractivity contribution in [2.75, 3.05) is 0 Å². The van der Waals surface area contributed by atoms with Gasteiger partial charge in [0.25, 0.3) is 0 Å². The molecule has 2 nitrogen and oxygen atoms in total. The Morgan fingerprint density at radius 2 is 1.12 bits per heavy atom. The number of nitrogens with zero attached hydrogens (tertiary/aromatic N) is 1. The number of benzene rings is 6. The highest BCUT2D eigenvalue weighted by atomic mass is 32.1. The van der Waals surface area contributed by atoms with Crippen molar-refractivity contribution in [1.82, 2.24) is 4.98 Å². The van der Waals surface area contributed by atoms with E-state index in [4.69, 9.17) is 4.98 Å². The molecule has 41 heavy (non-hydrogen) atoms. The summed E-state index contributed by atoms with van der Waals surface area (Å²) >= 11 is 1.83. The molecule has 8 rings (SSSR count). The largest absolute Gasteiger partial charge is 0.309 e. The highest BCUT2D eigenvalue weighted by Crippen LogP contribution is 2.45. The van der Waals surface area contributed by atoms with Crippen LogP contribution in [0.3, 0.4) is 0 Å². The molecule has 4 heteroatoms. The average molecular weight is 562 g/mol. The van der Waals surface area contributed by atoms with Crippen molar-refractivity contribution in [2.45, 2.75) is 0 Å². The zero-order valence-electron chi connectivity index (χ0n) is 22.1. The first-order valence-electron chi connectivity index (χ1n) is 13.7. The van der Waals surface area contributed by atoms with E-state index in [1.54, 1.807) is 0 Å². The zero-order chi connectivity index (χ0) is 27.4. The molecular formula is C37H24NOPS. The molecule has 0 radical (unpaired) electrons. The van der Waals surface area contributed by atoms with E-state index in [1.807, 2.05) is 90.2 Å². The minimum absolute atomic E-state index is 0.803. The molecule has 0 aliphatic heterocycles. The maximum Gasteiger partial charge on any atom is 0.171 e. The van der Waals surface area contributed by atoms with E-state index in [1.165, 1.54) is 25.6 Å². The molecular weight excluding hydrogens is 537 g/mol. The molecule has 0 unspecified atom stereocenters. The van der Waals surface area contributed by atoms with Gasteiger partial charge < -0.3 is 4.57 Å². The van der Waals surface area contributed by atoms with Crippen molar-refractivity contribution < 1.29 is 4.57 Å². The third-order valence-corrected chi connectivity index (χ3v) is 12.1. The standard InChI is InChI=1S/C37H24NOPS/c39-40(26-13-3-1-4-14-26,27-15-5-2-6-16-27)28-17-11-12-25(24-28)37-31-22-23-34-36(30-19-8-10-21-33(30)41-34)35(31)29-18-7-9-20-32(29)38-37/h1-24H. The van der Waals surface area contributed by atoms with Gasteiger partial charge in [0.1, 0.15) is 0 Å². The fraction of sp³-hybridized carbons (Fsp3) is 0. The monoisotopic (exact) mass is 561 g/mol. The van der Waals surface area contributed by atoms with Crippen LogP contribution in [0.2, 0.25) is 0 Å². The number of aromatic nitrogens is 1. The molecule has 8 aromatic rings. The Bertz CT molecular complexity index is 2250. The number of rotatable bonds is 4. The highest BCUT2D eigenvalue weighted by Gasteiger charge is 2.30. The third kappa shape index (κ3) is 3.78. The van der Waals surface area contributed by atoms with E-state index in [0.29, 0.717) is 0 Å². The number of hydrogen-bond acceptors (Lipinski definition) is 3. The van der Waals surface area contributed by atoms with Crippen LogP contribution in [0, 0.1) is 0 Å². The molecule has 0 saturated heterocycles. The fourth-order valence-corrected chi connectivity index (χ4v) is 9.86. The van der Waals surface area contributed by atoms with Crippen LogP contribution in [-0.4, -0.2) is 4.98 Å². The minimum Gasteiger partial charge on any atom is -0.309 e. The fourth-order valence-electron chi connectivity index (χ4n) is 6.05. The van der Waals surface area contributed by atoms with Gasteiger partial charge in [0.15, 0.2) is 7.14 Å². The lowest BCUT2D eigenvalue weighted by Gasteiger charge is -2.21. The molecule has 0 aliphatic rings. The summed E-state index contributed by atoms with van der Waals surface area (Å²) in [7, 11) is -3.12. The Balaban J connectivity index is 1.44. The second-order valence-electron chi connectivity index (χ2n) is 10.3. The van der Waals surface area contributed by atoms with Crippen LogP contribution in [0.5, 0.6) is 0 Å². The molecule has 6 aromatic carbocycles. The molecule has 0 amide bonds. The predicted octanol–water partition coefficient (Wildman–Crippen LogP) is 9.06. The molecule has 0 saturated carbocycles. The first-order chi connectivity index (χ1) is 20.2. The van der Waals surface area contributed by atoms with Gasteiger partial charge in [0, 0.05) is 57.8 Å². The van der Waals surface area contributed by atoms with Gasteiger partial charge in [0.2, 0.25) is 0 Å². The van der Waals surface area contributed by atoms with E-state index < -0.39 is 7.14 Å². The summed E-state index contributed by atoms with van der Waals surface area (Å²) in [5, 5.41) is 8.47. The summed E-state index contributed by atoms with van der Waals surface area (Å²) in [5.41, 5.74) is 2.83. The van der Waals surface area contributed by atoms with Crippen LogP contribution in [0.25, 0.3) is 53.1 Å². The normalized spacial score (nSPS) is 12.0. The second-order valence-corrected chi connectivity index (χ2v) is 14.1. The molecule has 0 N–H and O–H groups in total. The Morgan fingerprint density at radius 3 is 1.88 bits per heavy atom. The molecule has 0 fully saturated rings. The smallest absolute Gasteiger partial charge is 0.171 e. The lowest BCUT2D eigenvalue weighted by molar-refractivity contribution is 0.592. The highest BCUT2D eigenvalue weighted by molar-refractivity contribution is 7.85. The lowest BCUT2D eigenvalue weighted by Crippen LogP contribution is -2.25. The zero-order valence-corrected chi connectivity index (χ0v) is 23.8. The van der Waals surface area contributed by atoms with Crippen LogP contribution >= 0.6 is 18.5 Å². The lowest BCUT2D eigenvalue weighted by atomic mass is 9.96. The van der Waals surface area contributed by atoms with Crippen LogP contribution in [-0.2, 0) is 4.57 Å². The second kappa shape index (κ2) is 9.52. The van der Waals surface area contributed by atoms with Gasteiger partial charge in [-0.1, -0.05) is 121 Å². The third-order valence-electron chi connectivity index (χ3n) is 7.93. The summed E-state index contributed by atoms with van der Waals surface area (Å²) in [6.07, 6.45) is 0. The van der Waals surface area contributed by atoms with E-state index in [9.17, 15) is 0 Å². The number of fused-ring (bicyclic) bond motifs is 7. The Hall–Kier alpha value is -4.56. The van der Waals surface area contributed by atoms with Crippen molar-refractivity contribution in [3.63, 3.8) is 0 Å². The minimum atomic E-state index is -3.12. The van der Waals surface area contributed by atoms with Gasteiger partial charge in [-0.25, -0.2) is 4.98 Å². The average Bonchev–Trinajstić information content (AvgIpc) is 3.44. The molecule has 0 spiro atoms. The van der Waals surface area contributed by atoms with Crippen LogP contribution in [0.4, 0.5) is 0 Å². The summed E-state index contributed by atoms with van der Waals surface area (Å²) in [5.74, 6) is 0. The predicted molar refractivity (Wildman–Crippen MR) is 177 cm³/mol. The number of pyridine rings is 1. The summed E-state index contributed by atoms with van der Waals surface area (Å²) in [4.78, 5) is 5.23. The molecule has 2 aromatic heterocycles. The molecule has 2 heterocycles. The van der Waals surface area contributed by atoms with Gasteiger partial charge in [-0.15, -0.1) is 11.3 Å². The van der Waals surface area contributed by atoms with Gasteiger partial charge >= 0.3 is 0 Å². The quantitative estimate of drug-likeness (QED) is 0.158. The van der Waals surface area contributed by atoms with Gasteiger partial charge in [0.05, 0.1) is 11.2 Å². The first-order valence-corrected chi connectivity index (χ1v) is 16.2. The van der Waals surface area contributed by atoms with Crippen LogP contribution < -0.4 is 15.9 Å². The van der Waals surface area contributed by atoms with E-state index >= 15 is 4.57 Å². The van der Waals surface area contributed by atoms with Crippen molar-refractivity contribution in [1.29, 1.82) is 0 Å². The molecule has 0 atom stereocenters. The van der Waals surface area contributed by atoms with Gasteiger partial charge in [-0.2, -0.15) is 0 Å². The Labute approximate surface area is 241 Å². The van der Waals surface area contributed by atoms with Crippen molar-refractivity contribution in [2.24, 2.45) is 0 Å². The van der Waals surface area contributed by atoms with E-state index in [0.717, 1.165) is 43.5 Å². The van der Waals surface area contributed by atoms with Crippen molar-refractivity contribution in [3.05, 3.63) is 146 Å². The van der Waals surface area contributed by atoms with Crippen molar-refractivity contribution >= 4 is 76.2 Å². The van der Waals surface area contributed by atoms with E-state index in [2.05, 4.69) is 66.7 Å². The number of hydrogen-bond donors (Lipinski definition) is 0. The molecule has 0 aliphatic carbocycles. The number of thiophene rings is 1. The van der Waals surface area contributed by atoms with Crippen molar-refractivity contribution in [3.8, 4) is 11.3 Å². The van der Waals surface area contributed by atoms with E-state index in [-0.39, 0.29) is 0 Å². The Morgan fingerprint density at radius 1 is 0.488 bits per heavy atom. The summed E-state index contributed by atoms with van der Waals surface area (Å²) in [6, 6.07) is 49.4. The van der Waals surface area contributed by atoms with Crippen LogP contribution in [0.15, 0.2) is 146 Å². The topological polar surface area (TPSA) is 30.0 Å². The van der Waals surface area contributed by atoms with Gasteiger partial charge in [-0.3, -0.25) is 0 Å². The van der Waals surface area contributed by atoms with Crippen LogP contribution in [0.1, 0.15) is 0 Å². The maximum absolute atomic E-state index is 15.1. The molecule has 0 bridgehead atoms. The maximum atomic E-state index is 15.1. The summed E-state index contributed by atoms with van der Waals surface area (Å²) < 4.78 is 17.7. The van der Waals surface area contributed by atoms with Gasteiger partial charge in [-0.05, 0) is 24.3 Å². The number of para-hydroxylation sites is 1. The SMILES string of the molecule is O=P(c1ccccc1)(c1ccccc1)c1cccc(-c2nc3ccccc3c3c2ccc2sc4ccccc4c23)c1. The molecule has 194 valence electrons. The first kappa shape index (κ1) is 24.3. The Kier molecular flexibility index (Phi) is 5.63. The summed E-state index contributed by atoms with van der Waals surface area (Å²) in [6.45, 7) is 0.